The second kappa shape index (κ2) is 61.9. The van der Waals surface area contributed by atoms with Crippen LogP contribution in [0.3, 0.4) is 0 Å². The predicted molar refractivity (Wildman–Crippen MR) is 315 cm³/mol. The van der Waals surface area contributed by atoms with Gasteiger partial charge in [0, 0.05) is 12.8 Å². The minimum Gasteiger partial charge on any atom is -0.466 e. The summed E-state index contributed by atoms with van der Waals surface area (Å²) in [7, 11) is 0. The smallest absolute Gasteiger partial charge is 0.305 e. The zero-order valence-corrected chi connectivity index (χ0v) is 48.7. The standard InChI is InChI=1S/C66H127NO5/c1-3-5-7-9-11-13-15-17-19-21-22-23-24-27-30-34-38-42-46-50-54-58-64(69)63(62-68)67-65(70)59-55-51-47-43-39-35-31-28-25-29-33-37-41-45-49-53-57-61-72-66(71)60-56-52-48-44-40-36-32-26-20-18-16-14-12-10-8-6-4-2/h25,29,54,58,63-64,68-69H,3-24,26-28,30-53,55-57,59-62H2,1-2H3,(H,67,70)/b29-25-,58-54+. The van der Waals surface area contributed by atoms with Crippen molar-refractivity contribution in [2.24, 2.45) is 0 Å². The molecule has 0 saturated carbocycles. The lowest BCUT2D eigenvalue weighted by atomic mass is 10.0. The average Bonchev–Trinajstić information content (AvgIpc) is 3.38. The lowest BCUT2D eigenvalue weighted by Gasteiger charge is -2.20. The molecule has 0 heterocycles. The van der Waals surface area contributed by atoms with Gasteiger partial charge in [-0.3, -0.25) is 9.59 Å². The third-order valence-corrected chi connectivity index (χ3v) is 15.2. The van der Waals surface area contributed by atoms with Crippen molar-refractivity contribution in [1.82, 2.24) is 5.32 Å². The molecule has 0 aromatic heterocycles. The first kappa shape index (κ1) is 70.3. The Morgan fingerprint density at radius 1 is 0.375 bits per heavy atom. The maximum Gasteiger partial charge on any atom is 0.305 e. The van der Waals surface area contributed by atoms with E-state index in [-0.39, 0.29) is 18.5 Å². The van der Waals surface area contributed by atoms with Crippen LogP contribution in [0.15, 0.2) is 24.3 Å². The maximum absolute atomic E-state index is 12.5. The molecule has 1 amide bonds. The SMILES string of the molecule is CCCCCCCCCCCCCCCCCCCCC/C=C/C(O)C(CO)NC(=O)CCCCCCCCC/C=C\CCCCCCCCOC(=O)CCCCCCCCCCCCCCCCCCC. The first-order chi connectivity index (χ1) is 35.5. The van der Waals surface area contributed by atoms with Crippen LogP contribution in [0.25, 0.3) is 0 Å². The molecule has 0 fully saturated rings. The van der Waals surface area contributed by atoms with E-state index in [4.69, 9.17) is 4.74 Å². The quantitative estimate of drug-likeness (QED) is 0.0320. The molecular weight excluding hydrogens is 887 g/mol. The van der Waals surface area contributed by atoms with Crippen molar-refractivity contribution in [2.45, 2.75) is 373 Å². The van der Waals surface area contributed by atoms with Crippen LogP contribution < -0.4 is 5.32 Å². The fourth-order valence-electron chi connectivity index (χ4n) is 10.2. The number of nitrogens with one attached hydrogen (secondary N) is 1. The Labute approximate surface area is 450 Å². The largest absolute Gasteiger partial charge is 0.466 e. The van der Waals surface area contributed by atoms with E-state index in [9.17, 15) is 19.8 Å². The van der Waals surface area contributed by atoms with Gasteiger partial charge in [0.25, 0.3) is 0 Å². The summed E-state index contributed by atoms with van der Waals surface area (Å²) >= 11 is 0. The van der Waals surface area contributed by atoms with Crippen molar-refractivity contribution in [1.29, 1.82) is 0 Å². The van der Waals surface area contributed by atoms with Gasteiger partial charge in [-0.2, -0.15) is 0 Å². The molecule has 0 aromatic carbocycles. The minimum absolute atomic E-state index is 0.00194. The highest BCUT2D eigenvalue weighted by Crippen LogP contribution is 2.18. The second-order valence-corrected chi connectivity index (χ2v) is 22.5. The highest BCUT2D eigenvalue weighted by molar-refractivity contribution is 5.76. The van der Waals surface area contributed by atoms with Crippen molar-refractivity contribution in [2.75, 3.05) is 13.2 Å². The van der Waals surface area contributed by atoms with Crippen LogP contribution in [0.2, 0.25) is 0 Å². The molecule has 6 heteroatoms. The topological polar surface area (TPSA) is 95.9 Å². The van der Waals surface area contributed by atoms with Gasteiger partial charge < -0.3 is 20.3 Å². The third-order valence-electron chi connectivity index (χ3n) is 15.2. The normalized spacial score (nSPS) is 12.7. The van der Waals surface area contributed by atoms with Crippen molar-refractivity contribution in [3.05, 3.63) is 24.3 Å². The fourth-order valence-corrected chi connectivity index (χ4v) is 10.2. The first-order valence-electron chi connectivity index (χ1n) is 32.6. The van der Waals surface area contributed by atoms with E-state index < -0.39 is 12.1 Å². The van der Waals surface area contributed by atoms with Gasteiger partial charge in [0.05, 0.1) is 25.4 Å². The number of unbranched alkanes of at least 4 members (excludes halogenated alkanes) is 48. The molecule has 426 valence electrons. The summed E-state index contributed by atoms with van der Waals surface area (Å²) in [5.41, 5.74) is 0. The Bertz CT molecular complexity index is 1120. The first-order valence-corrected chi connectivity index (χ1v) is 32.6. The molecule has 0 bridgehead atoms. The number of ether oxygens (including phenoxy) is 1. The van der Waals surface area contributed by atoms with Crippen molar-refractivity contribution < 1.29 is 24.5 Å². The van der Waals surface area contributed by atoms with Crippen LogP contribution in [-0.4, -0.2) is 47.4 Å². The molecule has 0 aliphatic rings. The zero-order valence-electron chi connectivity index (χ0n) is 48.7. The summed E-state index contributed by atoms with van der Waals surface area (Å²) in [5.74, 6) is -0.0746. The Morgan fingerprint density at radius 2 is 0.653 bits per heavy atom. The third kappa shape index (κ3) is 57.6. The summed E-state index contributed by atoms with van der Waals surface area (Å²) < 4.78 is 5.49. The number of hydrogen-bond acceptors (Lipinski definition) is 5. The van der Waals surface area contributed by atoms with Crippen LogP contribution in [0.1, 0.15) is 361 Å². The second-order valence-electron chi connectivity index (χ2n) is 22.5. The number of hydrogen-bond donors (Lipinski definition) is 3. The van der Waals surface area contributed by atoms with E-state index in [2.05, 4.69) is 31.3 Å². The van der Waals surface area contributed by atoms with Gasteiger partial charge in [-0.05, 0) is 57.8 Å². The van der Waals surface area contributed by atoms with Gasteiger partial charge in [-0.1, -0.05) is 314 Å². The van der Waals surface area contributed by atoms with Crippen LogP contribution in [0, 0.1) is 0 Å². The van der Waals surface area contributed by atoms with Crippen molar-refractivity contribution >= 4 is 11.9 Å². The van der Waals surface area contributed by atoms with Gasteiger partial charge in [0.1, 0.15) is 0 Å². The monoisotopic (exact) mass is 1010 g/mol. The van der Waals surface area contributed by atoms with Gasteiger partial charge in [-0.15, -0.1) is 0 Å². The van der Waals surface area contributed by atoms with Crippen LogP contribution >= 0.6 is 0 Å². The van der Waals surface area contributed by atoms with Crippen LogP contribution in [0.4, 0.5) is 0 Å². The highest BCUT2D eigenvalue weighted by Gasteiger charge is 2.18. The number of carbonyl (C=O) groups excluding carboxylic acids is 2. The van der Waals surface area contributed by atoms with E-state index >= 15 is 0 Å². The van der Waals surface area contributed by atoms with Crippen LogP contribution in [0.5, 0.6) is 0 Å². The fraction of sp³-hybridized carbons (Fsp3) is 0.909. The summed E-state index contributed by atoms with van der Waals surface area (Å²) in [6.07, 6.45) is 76.5. The molecule has 0 aromatic rings. The van der Waals surface area contributed by atoms with Crippen molar-refractivity contribution in [3.63, 3.8) is 0 Å². The predicted octanol–water partition coefficient (Wildman–Crippen LogP) is 20.6. The van der Waals surface area contributed by atoms with Gasteiger partial charge in [0.2, 0.25) is 5.91 Å². The number of allylic oxidation sites excluding steroid dienone is 3. The average molecular weight is 1010 g/mol. The molecule has 0 spiro atoms. The summed E-state index contributed by atoms with van der Waals surface area (Å²) in [6.45, 7) is 4.92. The molecule has 0 rings (SSSR count). The maximum atomic E-state index is 12.5. The number of amides is 1. The summed E-state index contributed by atoms with van der Waals surface area (Å²) in [4.78, 5) is 24.6. The van der Waals surface area contributed by atoms with E-state index in [1.54, 1.807) is 6.08 Å². The summed E-state index contributed by atoms with van der Waals surface area (Å²) in [5, 5.41) is 23.2. The Kier molecular flexibility index (Phi) is 60.5. The molecule has 0 aliphatic carbocycles. The molecule has 72 heavy (non-hydrogen) atoms. The van der Waals surface area contributed by atoms with Gasteiger partial charge in [0.15, 0.2) is 0 Å². The van der Waals surface area contributed by atoms with E-state index in [0.717, 1.165) is 57.8 Å². The lowest BCUT2D eigenvalue weighted by Crippen LogP contribution is -2.45. The zero-order chi connectivity index (χ0) is 52.2. The van der Waals surface area contributed by atoms with Crippen molar-refractivity contribution in [3.8, 4) is 0 Å². The molecule has 0 radical (unpaired) electrons. The number of carbonyl (C=O) groups is 2. The van der Waals surface area contributed by atoms with E-state index in [1.807, 2.05) is 6.08 Å². The van der Waals surface area contributed by atoms with Gasteiger partial charge >= 0.3 is 5.97 Å². The lowest BCUT2D eigenvalue weighted by molar-refractivity contribution is -0.143. The molecule has 6 nitrogen and oxygen atoms in total. The van der Waals surface area contributed by atoms with E-state index in [1.165, 1.54) is 276 Å². The van der Waals surface area contributed by atoms with Crippen LogP contribution in [-0.2, 0) is 14.3 Å². The minimum atomic E-state index is -0.853. The highest BCUT2D eigenvalue weighted by atomic mass is 16.5. The molecule has 3 N–H and O–H groups in total. The number of rotatable bonds is 61. The molecule has 0 saturated heterocycles. The molecule has 0 aliphatic heterocycles. The molecule has 2 unspecified atom stereocenters. The Morgan fingerprint density at radius 3 is 0.986 bits per heavy atom. The molecular formula is C66H127NO5. The Hall–Kier alpha value is -1.66. The summed E-state index contributed by atoms with van der Waals surface area (Å²) in [6, 6.07) is -0.638. The van der Waals surface area contributed by atoms with Gasteiger partial charge in [-0.25, -0.2) is 0 Å². The molecule has 2 atom stereocenters. The number of esters is 1. The van der Waals surface area contributed by atoms with E-state index in [0.29, 0.717) is 19.4 Å². The number of aliphatic hydroxyl groups excluding tert-OH is 2. The Balaban J connectivity index is 3.46. The number of aliphatic hydroxyl groups is 2.